The molecule has 2 fully saturated rings. The molecule has 6 atom stereocenters. The summed E-state index contributed by atoms with van der Waals surface area (Å²) in [6.07, 6.45) is 12.8. The summed E-state index contributed by atoms with van der Waals surface area (Å²) in [7, 11) is 1.40. The Morgan fingerprint density at radius 3 is 2.38 bits per heavy atom. The van der Waals surface area contributed by atoms with Gasteiger partial charge in [0.05, 0.1) is 12.7 Å². The Labute approximate surface area is 234 Å². The van der Waals surface area contributed by atoms with Crippen molar-refractivity contribution in [2.45, 2.75) is 129 Å². The van der Waals surface area contributed by atoms with Gasteiger partial charge in [-0.25, -0.2) is 0 Å². The van der Waals surface area contributed by atoms with E-state index in [1.54, 1.807) is 0 Å². The molecule has 0 spiro atoms. The molecule has 2 unspecified atom stereocenters. The highest BCUT2D eigenvalue weighted by atomic mass is 16.7. The summed E-state index contributed by atoms with van der Waals surface area (Å²) in [6, 6.07) is 0. The molecule has 1 heterocycles. The summed E-state index contributed by atoms with van der Waals surface area (Å²) in [4.78, 5) is 35.3. The Morgan fingerprint density at radius 1 is 1.03 bits per heavy atom. The first kappa shape index (κ1) is 32.8. The van der Waals surface area contributed by atoms with Crippen molar-refractivity contribution < 1.29 is 38.1 Å². The molecule has 0 aromatic heterocycles. The number of carbonyl (C=O) groups is 3. The lowest BCUT2D eigenvalue weighted by Gasteiger charge is -2.34. The largest absolute Gasteiger partial charge is 0.469 e. The van der Waals surface area contributed by atoms with E-state index in [0.717, 1.165) is 51.4 Å². The van der Waals surface area contributed by atoms with Crippen LogP contribution in [0, 0.1) is 23.7 Å². The van der Waals surface area contributed by atoms with Crippen LogP contribution in [0.5, 0.6) is 0 Å². The summed E-state index contributed by atoms with van der Waals surface area (Å²) in [5.41, 5.74) is -0.607. The van der Waals surface area contributed by atoms with Crippen LogP contribution in [0.4, 0.5) is 0 Å². The molecule has 220 valence electrons. The molecule has 8 heteroatoms. The maximum atomic E-state index is 12.0. The Kier molecular flexibility index (Phi) is 14.6. The van der Waals surface area contributed by atoms with Gasteiger partial charge in [0.2, 0.25) is 0 Å². The fraction of sp³-hybridized carbons (Fsp3) is 0.774. The highest BCUT2D eigenvalue weighted by Crippen LogP contribution is 2.41. The van der Waals surface area contributed by atoms with E-state index in [-0.39, 0.29) is 42.1 Å². The van der Waals surface area contributed by atoms with Crippen molar-refractivity contribution in [3.05, 3.63) is 12.2 Å². The van der Waals surface area contributed by atoms with Gasteiger partial charge in [0.15, 0.2) is 6.29 Å². The lowest BCUT2D eigenvalue weighted by molar-refractivity contribution is -0.207. The van der Waals surface area contributed by atoms with E-state index in [1.807, 2.05) is 6.92 Å². The van der Waals surface area contributed by atoms with Crippen molar-refractivity contribution in [3.8, 4) is 11.8 Å². The first-order chi connectivity index (χ1) is 18.7. The van der Waals surface area contributed by atoms with E-state index < -0.39 is 11.7 Å². The second-order valence-corrected chi connectivity index (χ2v) is 10.8. The second-order valence-electron chi connectivity index (χ2n) is 10.8. The number of ether oxygens (including phenoxy) is 5. The van der Waals surface area contributed by atoms with Crippen molar-refractivity contribution in [2.24, 2.45) is 11.8 Å². The Morgan fingerprint density at radius 2 is 1.74 bits per heavy atom. The molecule has 1 saturated carbocycles. The number of esters is 3. The molecular formula is C31H48O8. The van der Waals surface area contributed by atoms with E-state index in [4.69, 9.17) is 23.7 Å². The number of hydrogen-bond donors (Lipinski definition) is 0. The minimum absolute atomic E-state index is 0.000668. The van der Waals surface area contributed by atoms with Gasteiger partial charge in [-0.15, -0.1) is 11.8 Å². The maximum Gasteiger partial charge on any atom is 0.305 e. The number of unbranched alkanes of at least 4 members (excludes halogenated alkanes) is 3. The van der Waals surface area contributed by atoms with Gasteiger partial charge in [-0.2, -0.15) is 0 Å². The molecule has 39 heavy (non-hydrogen) atoms. The second kappa shape index (κ2) is 17.3. The SMILES string of the molecule is CC#CCCC(C)(/C=C/[C@@H]1[C@@H](CCCCCCC(=O)OC)[C@@H](OC(C)=O)C[C@H]1OC(C)=O)OC1CCCCO1. The van der Waals surface area contributed by atoms with Crippen molar-refractivity contribution in [1.82, 2.24) is 0 Å². The van der Waals surface area contributed by atoms with E-state index in [9.17, 15) is 14.4 Å². The van der Waals surface area contributed by atoms with Crippen LogP contribution in [-0.2, 0) is 38.1 Å². The predicted octanol–water partition coefficient (Wildman–Crippen LogP) is 5.66. The third-order valence-electron chi connectivity index (χ3n) is 7.53. The molecule has 2 aliphatic rings. The van der Waals surface area contributed by atoms with Crippen LogP contribution >= 0.6 is 0 Å². The van der Waals surface area contributed by atoms with Crippen LogP contribution in [0.3, 0.4) is 0 Å². The van der Waals surface area contributed by atoms with E-state index in [1.165, 1.54) is 21.0 Å². The van der Waals surface area contributed by atoms with Crippen molar-refractivity contribution >= 4 is 17.9 Å². The van der Waals surface area contributed by atoms with Gasteiger partial charge in [-0.3, -0.25) is 14.4 Å². The van der Waals surface area contributed by atoms with Gasteiger partial charge in [0, 0.05) is 51.6 Å². The lowest BCUT2D eigenvalue weighted by atomic mass is 9.86. The first-order valence-electron chi connectivity index (χ1n) is 14.5. The number of rotatable bonds is 15. The van der Waals surface area contributed by atoms with Crippen LogP contribution < -0.4 is 0 Å². The molecule has 1 saturated heterocycles. The minimum atomic E-state index is -0.607. The van der Waals surface area contributed by atoms with E-state index in [0.29, 0.717) is 32.3 Å². The summed E-state index contributed by atoms with van der Waals surface area (Å²) in [5, 5.41) is 0. The average Bonchev–Trinajstić information content (AvgIpc) is 3.19. The Bertz CT molecular complexity index is 866. The van der Waals surface area contributed by atoms with Gasteiger partial charge in [-0.1, -0.05) is 31.4 Å². The predicted molar refractivity (Wildman–Crippen MR) is 147 cm³/mol. The van der Waals surface area contributed by atoms with Crippen LogP contribution in [0.2, 0.25) is 0 Å². The Balaban J connectivity index is 2.20. The zero-order valence-electron chi connectivity index (χ0n) is 24.5. The molecular weight excluding hydrogens is 500 g/mol. The fourth-order valence-electron chi connectivity index (χ4n) is 5.56. The van der Waals surface area contributed by atoms with Gasteiger partial charge in [-0.05, 0) is 52.4 Å². The van der Waals surface area contributed by atoms with Crippen molar-refractivity contribution in [1.29, 1.82) is 0 Å². The fourth-order valence-corrected chi connectivity index (χ4v) is 5.56. The molecule has 0 bridgehead atoms. The average molecular weight is 549 g/mol. The quantitative estimate of drug-likeness (QED) is 0.0850. The van der Waals surface area contributed by atoms with Crippen molar-refractivity contribution in [3.63, 3.8) is 0 Å². The van der Waals surface area contributed by atoms with Crippen LogP contribution in [0.25, 0.3) is 0 Å². The summed E-state index contributed by atoms with van der Waals surface area (Å²) in [5.74, 6) is 5.09. The van der Waals surface area contributed by atoms with Gasteiger partial charge in [0.25, 0.3) is 0 Å². The highest BCUT2D eigenvalue weighted by molar-refractivity contribution is 5.69. The summed E-state index contributed by atoms with van der Waals surface area (Å²) in [6.45, 7) is 7.40. The summed E-state index contributed by atoms with van der Waals surface area (Å²) >= 11 is 0. The van der Waals surface area contributed by atoms with Crippen LogP contribution in [0.1, 0.15) is 105 Å². The van der Waals surface area contributed by atoms with Crippen LogP contribution in [0.15, 0.2) is 12.2 Å². The zero-order chi connectivity index (χ0) is 28.7. The Hall–Kier alpha value is -2.37. The topological polar surface area (TPSA) is 97.4 Å². The monoisotopic (exact) mass is 548 g/mol. The third kappa shape index (κ3) is 12.1. The normalized spacial score (nSPS) is 26.3. The van der Waals surface area contributed by atoms with Gasteiger partial charge in [0.1, 0.15) is 12.2 Å². The molecule has 1 aliphatic heterocycles. The zero-order valence-corrected chi connectivity index (χ0v) is 24.5. The molecule has 2 rings (SSSR count). The van der Waals surface area contributed by atoms with Gasteiger partial charge >= 0.3 is 17.9 Å². The lowest BCUT2D eigenvalue weighted by Crippen LogP contribution is -2.35. The molecule has 0 aromatic carbocycles. The number of hydrogen-bond acceptors (Lipinski definition) is 8. The van der Waals surface area contributed by atoms with Crippen molar-refractivity contribution in [2.75, 3.05) is 13.7 Å². The van der Waals surface area contributed by atoms with Crippen LogP contribution in [-0.4, -0.2) is 55.7 Å². The molecule has 0 amide bonds. The number of methoxy groups -OCH3 is 1. The van der Waals surface area contributed by atoms with E-state index >= 15 is 0 Å². The molecule has 0 N–H and O–H groups in total. The molecule has 8 nitrogen and oxygen atoms in total. The third-order valence-corrected chi connectivity index (χ3v) is 7.53. The minimum Gasteiger partial charge on any atom is -0.469 e. The summed E-state index contributed by atoms with van der Waals surface area (Å²) < 4.78 is 28.5. The molecule has 0 radical (unpaired) electrons. The van der Waals surface area contributed by atoms with E-state index in [2.05, 4.69) is 30.9 Å². The highest BCUT2D eigenvalue weighted by Gasteiger charge is 2.45. The molecule has 1 aliphatic carbocycles. The first-order valence-corrected chi connectivity index (χ1v) is 14.5. The molecule has 0 aromatic rings. The maximum absolute atomic E-state index is 12.0. The standard InChI is InChI=1S/C31H48O8/c1-6-7-13-19-31(4,39-30-17-12-14-21-36-30)20-18-26-25(15-10-8-9-11-16-29(34)35-5)27(37-23(2)32)22-28(26)38-24(3)33/h18,20,25-28,30H,8-17,19,21-22H2,1-5H3/b20-18+/t25-,26-,27+,28-,30?,31?/m1/s1. The number of carbonyl (C=O) groups excluding carboxylic acids is 3. The smallest absolute Gasteiger partial charge is 0.305 e. The van der Waals surface area contributed by atoms with Gasteiger partial charge < -0.3 is 23.7 Å².